The van der Waals surface area contributed by atoms with E-state index in [2.05, 4.69) is 17.0 Å². The molecule has 3 saturated heterocycles. The van der Waals surface area contributed by atoms with Crippen molar-refractivity contribution in [2.75, 3.05) is 52.0 Å². The van der Waals surface area contributed by atoms with Gasteiger partial charge in [-0.15, -0.1) is 0 Å². The maximum absolute atomic E-state index is 13.7. The quantitative estimate of drug-likeness (QED) is 0.365. The normalized spacial score (nSPS) is 39.5. The number of piperidine rings is 2. The third kappa shape index (κ3) is 2.54. The first kappa shape index (κ1) is 21.7. The van der Waals surface area contributed by atoms with Crippen molar-refractivity contribution < 1.29 is 33.0 Å². The number of anilines is 1. The van der Waals surface area contributed by atoms with Crippen LogP contribution in [0.25, 0.3) is 0 Å². The summed E-state index contributed by atoms with van der Waals surface area (Å²) in [4.78, 5) is 28.7. The number of amides is 1. The Balaban J connectivity index is 1.47. The summed E-state index contributed by atoms with van der Waals surface area (Å²) < 4.78 is 23.9. The summed E-state index contributed by atoms with van der Waals surface area (Å²) in [6.45, 7) is 4.94. The number of methoxy groups -OCH3 is 2. The van der Waals surface area contributed by atoms with E-state index in [0.29, 0.717) is 48.1 Å². The van der Waals surface area contributed by atoms with Gasteiger partial charge < -0.3 is 28.3 Å². The van der Waals surface area contributed by atoms with E-state index >= 15 is 0 Å². The minimum Gasteiger partial charge on any atom is -0.493 e. The fraction of sp³-hybridized carbons (Fsp3) is 0.630. The number of ether oxygens (including phenoxy) is 4. The number of rotatable bonds is 5. The molecule has 35 heavy (non-hydrogen) atoms. The van der Waals surface area contributed by atoms with Crippen LogP contribution in [-0.4, -0.2) is 81.6 Å². The zero-order chi connectivity index (χ0) is 24.1. The van der Waals surface area contributed by atoms with Gasteiger partial charge in [0.05, 0.1) is 63.6 Å². The van der Waals surface area contributed by atoms with Gasteiger partial charge in [-0.2, -0.15) is 0 Å². The monoisotopic (exact) mass is 481 g/mol. The van der Waals surface area contributed by atoms with Crippen LogP contribution in [0.2, 0.25) is 0 Å². The Hall–Kier alpha value is -2.58. The van der Waals surface area contributed by atoms with Gasteiger partial charge in [0, 0.05) is 24.8 Å². The second-order valence-corrected chi connectivity index (χ2v) is 11.1. The number of hydrogen-bond donors (Lipinski definition) is 0. The zero-order valence-corrected chi connectivity index (χ0v) is 20.6. The molecule has 7 atom stereocenters. The highest BCUT2D eigenvalue weighted by molar-refractivity contribution is 5.99. The highest BCUT2D eigenvalue weighted by atomic mass is 16.5. The lowest BCUT2D eigenvalue weighted by atomic mass is 9.53. The molecule has 5 heterocycles. The Morgan fingerprint density at radius 3 is 2.83 bits per heavy atom. The van der Waals surface area contributed by atoms with Crippen LogP contribution in [0.5, 0.6) is 11.5 Å². The van der Waals surface area contributed by atoms with E-state index in [0.717, 1.165) is 31.6 Å². The number of carbonyl (C=O) groups excluding carboxylic acids is 2. The third-order valence-electron chi connectivity index (χ3n) is 10.1. The van der Waals surface area contributed by atoms with Crippen LogP contribution >= 0.6 is 0 Å². The number of quaternary nitrogens is 1. The summed E-state index contributed by atoms with van der Waals surface area (Å²) in [5.41, 5.74) is 3.30. The molecule has 1 saturated carbocycles. The summed E-state index contributed by atoms with van der Waals surface area (Å²) in [5, 5.41) is 0. The van der Waals surface area contributed by atoms with Crippen LogP contribution in [0.1, 0.15) is 31.7 Å². The lowest BCUT2D eigenvalue weighted by molar-refractivity contribution is -0.936. The van der Waals surface area contributed by atoms with Crippen LogP contribution in [0.15, 0.2) is 23.8 Å². The summed E-state index contributed by atoms with van der Waals surface area (Å²) >= 11 is 0. The van der Waals surface area contributed by atoms with Crippen molar-refractivity contribution in [3.63, 3.8) is 0 Å². The summed E-state index contributed by atoms with van der Waals surface area (Å²) in [7, 11) is 3.30. The van der Waals surface area contributed by atoms with Gasteiger partial charge in [-0.25, -0.2) is 4.79 Å². The van der Waals surface area contributed by atoms with Gasteiger partial charge in [0.25, 0.3) is 0 Å². The van der Waals surface area contributed by atoms with Crippen LogP contribution in [-0.2, 0) is 24.5 Å². The Kier molecular flexibility index (Phi) is 4.48. The molecule has 1 aromatic carbocycles. The maximum Gasteiger partial charge on any atom is 0.361 e. The van der Waals surface area contributed by atoms with Crippen molar-refractivity contribution in [3.8, 4) is 11.5 Å². The van der Waals surface area contributed by atoms with E-state index in [1.165, 1.54) is 11.1 Å². The fourth-order valence-electron chi connectivity index (χ4n) is 9.03. The maximum atomic E-state index is 13.7. The van der Waals surface area contributed by atoms with Crippen LogP contribution in [0.3, 0.4) is 0 Å². The Morgan fingerprint density at radius 1 is 1.26 bits per heavy atom. The SMILES string of the molecule is CCOC(=O)C[N+]12CCC34c5cc(OC)c(OC)cc5N5C(=O)CC6OCC=C(C1)C(CC32)C6C54. The van der Waals surface area contributed by atoms with Crippen molar-refractivity contribution in [1.29, 1.82) is 0 Å². The molecule has 1 spiro atoms. The molecule has 0 N–H and O–H groups in total. The van der Waals surface area contributed by atoms with Crippen LogP contribution in [0.4, 0.5) is 5.69 Å². The first-order chi connectivity index (χ1) is 17.0. The number of hydrogen-bond acceptors (Lipinski definition) is 6. The average Bonchev–Trinajstić information content (AvgIpc) is 3.27. The van der Waals surface area contributed by atoms with Crippen molar-refractivity contribution in [2.45, 2.75) is 49.8 Å². The second-order valence-electron chi connectivity index (χ2n) is 11.1. The molecule has 2 bridgehead atoms. The van der Waals surface area contributed by atoms with E-state index in [1.807, 2.05) is 13.0 Å². The van der Waals surface area contributed by atoms with Gasteiger partial charge >= 0.3 is 5.97 Å². The number of esters is 1. The molecule has 8 nitrogen and oxygen atoms in total. The Bertz CT molecular complexity index is 1160. The van der Waals surface area contributed by atoms with Gasteiger partial charge in [-0.1, -0.05) is 6.08 Å². The molecule has 0 aromatic heterocycles. The second kappa shape index (κ2) is 7.23. The van der Waals surface area contributed by atoms with Gasteiger partial charge in [0.1, 0.15) is 12.6 Å². The predicted octanol–water partition coefficient (Wildman–Crippen LogP) is 2.19. The molecule has 0 radical (unpaired) electrons. The minimum atomic E-state index is -0.240. The summed E-state index contributed by atoms with van der Waals surface area (Å²) in [6.07, 6.45) is 4.54. The van der Waals surface area contributed by atoms with Crippen molar-refractivity contribution in [1.82, 2.24) is 0 Å². The molecule has 186 valence electrons. The molecule has 7 unspecified atom stereocenters. The van der Waals surface area contributed by atoms with Crippen LogP contribution in [0, 0.1) is 11.8 Å². The third-order valence-corrected chi connectivity index (χ3v) is 10.1. The molecule has 1 aliphatic carbocycles. The Morgan fingerprint density at radius 2 is 2.06 bits per heavy atom. The van der Waals surface area contributed by atoms with E-state index in [9.17, 15) is 9.59 Å². The van der Waals surface area contributed by atoms with Gasteiger partial charge in [-0.05, 0) is 30.0 Å². The molecule has 4 fully saturated rings. The molecule has 8 heteroatoms. The van der Waals surface area contributed by atoms with Crippen molar-refractivity contribution in [3.05, 3.63) is 29.3 Å². The van der Waals surface area contributed by atoms with E-state index in [-0.39, 0.29) is 41.4 Å². The number of carbonyl (C=O) groups is 2. The molecule has 1 aromatic rings. The standard InChI is InChI=1S/C27H33N2O6/c1-4-34-24(31)14-29-7-6-27-17-10-19(32-2)20(33-3)11-18(17)28-23(30)12-21-25(26(27)28)16(9-22(27)29)15(13-29)5-8-35-21/h5,10-11,16,21-22,25-26H,4,6-9,12-14H2,1-3H3/q+1. The van der Waals surface area contributed by atoms with E-state index in [1.54, 1.807) is 14.2 Å². The average molecular weight is 482 g/mol. The molecule has 1 amide bonds. The van der Waals surface area contributed by atoms with Crippen molar-refractivity contribution >= 4 is 17.6 Å². The first-order valence-electron chi connectivity index (χ1n) is 12.9. The van der Waals surface area contributed by atoms with Gasteiger partial charge in [-0.3, -0.25) is 4.79 Å². The fourth-order valence-corrected chi connectivity index (χ4v) is 9.03. The van der Waals surface area contributed by atoms with Gasteiger partial charge in [0.2, 0.25) is 5.91 Å². The molecule has 6 aliphatic rings. The van der Waals surface area contributed by atoms with Crippen molar-refractivity contribution in [2.24, 2.45) is 11.8 Å². The molecular formula is C27H33N2O6+. The number of fused-ring (bicyclic) bond motifs is 2. The van der Waals surface area contributed by atoms with E-state index < -0.39 is 0 Å². The molecule has 5 aliphatic heterocycles. The van der Waals surface area contributed by atoms with Crippen LogP contribution < -0.4 is 14.4 Å². The Labute approximate surface area is 205 Å². The highest BCUT2D eigenvalue weighted by Crippen LogP contribution is 2.68. The van der Waals surface area contributed by atoms with Gasteiger partial charge in [0.15, 0.2) is 18.0 Å². The predicted molar refractivity (Wildman–Crippen MR) is 126 cm³/mol. The lowest BCUT2D eigenvalue weighted by Crippen LogP contribution is -2.73. The number of nitrogens with zero attached hydrogens (tertiary/aromatic N) is 2. The smallest absolute Gasteiger partial charge is 0.361 e. The summed E-state index contributed by atoms with van der Waals surface area (Å²) in [5.74, 6) is 1.96. The first-order valence-corrected chi connectivity index (χ1v) is 12.9. The van der Waals surface area contributed by atoms with E-state index in [4.69, 9.17) is 18.9 Å². The lowest BCUT2D eigenvalue weighted by Gasteiger charge is -2.60. The number of benzene rings is 1. The topological polar surface area (TPSA) is 74.3 Å². The molecule has 7 rings (SSSR count). The molecular weight excluding hydrogens is 448 g/mol. The highest BCUT2D eigenvalue weighted by Gasteiger charge is 2.76. The largest absolute Gasteiger partial charge is 0.493 e. The summed E-state index contributed by atoms with van der Waals surface area (Å²) in [6, 6.07) is 4.37. The zero-order valence-electron chi connectivity index (χ0n) is 20.6. The minimum absolute atomic E-state index is 0.0216.